The molecule has 0 bridgehead atoms. The molecule has 0 aliphatic carbocycles. The van der Waals surface area contributed by atoms with Crippen molar-refractivity contribution in [3.8, 4) is 0 Å². The lowest BCUT2D eigenvalue weighted by atomic mass is 9.85. The van der Waals surface area contributed by atoms with Gasteiger partial charge in [0.15, 0.2) is 0 Å². The van der Waals surface area contributed by atoms with Gasteiger partial charge in [0.25, 0.3) is 0 Å². The molecule has 3 fully saturated rings. The molecule has 0 aromatic carbocycles. The van der Waals surface area contributed by atoms with Crippen LogP contribution in [0.2, 0.25) is 0 Å². The average Bonchev–Trinajstić information content (AvgIpc) is 2.67. The van der Waals surface area contributed by atoms with Gasteiger partial charge in [-0.15, -0.1) is 0 Å². The van der Waals surface area contributed by atoms with E-state index in [1.165, 1.54) is 32.4 Å². The van der Waals surface area contributed by atoms with Gasteiger partial charge in [-0.05, 0) is 25.7 Å². The summed E-state index contributed by atoms with van der Waals surface area (Å²) in [5.74, 6) is 0.146. The number of carbonyl (C=O) groups excluding carboxylic acids is 2. The number of rotatable bonds is 1. The second-order valence-electron chi connectivity index (χ2n) is 6.36. The number of hydrogen-bond donors (Lipinski definition) is 0. The molecule has 0 saturated carbocycles. The summed E-state index contributed by atoms with van der Waals surface area (Å²) in [6, 6.07) is 0.685. The van der Waals surface area contributed by atoms with E-state index in [1.807, 2.05) is 0 Å². The number of fused-ring (bicyclic) bond motifs is 1. The largest absolute Gasteiger partial charge is 0.322 e. The van der Waals surface area contributed by atoms with Crippen molar-refractivity contribution in [3.63, 3.8) is 0 Å². The van der Waals surface area contributed by atoms with Crippen molar-refractivity contribution >= 4 is 11.8 Å². The zero-order valence-corrected chi connectivity index (χ0v) is 11.2. The zero-order valence-electron chi connectivity index (χ0n) is 11.2. The van der Waals surface area contributed by atoms with E-state index in [1.54, 1.807) is 4.90 Å². The third-order valence-corrected chi connectivity index (χ3v) is 5.25. The van der Waals surface area contributed by atoms with Gasteiger partial charge in [0.2, 0.25) is 11.8 Å². The van der Waals surface area contributed by atoms with Crippen molar-refractivity contribution in [2.45, 2.75) is 57.0 Å². The molecule has 4 nitrogen and oxygen atoms in total. The van der Waals surface area contributed by atoms with Crippen LogP contribution in [0.5, 0.6) is 0 Å². The molecule has 100 valence electrons. The molecule has 0 spiro atoms. The van der Waals surface area contributed by atoms with Crippen LogP contribution in [-0.2, 0) is 9.59 Å². The van der Waals surface area contributed by atoms with Crippen LogP contribution in [0.4, 0.5) is 0 Å². The van der Waals surface area contributed by atoms with Crippen molar-refractivity contribution in [2.24, 2.45) is 0 Å². The molecule has 3 heterocycles. The Kier molecular flexibility index (Phi) is 2.93. The number of nitrogens with zero attached hydrogens (tertiary/aromatic N) is 2. The van der Waals surface area contributed by atoms with Crippen molar-refractivity contribution in [2.75, 3.05) is 20.1 Å². The zero-order chi connectivity index (χ0) is 12.8. The molecule has 0 aromatic heterocycles. The Morgan fingerprint density at radius 3 is 2.39 bits per heavy atom. The molecule has 3 saturated heterocycles. The predicted octanol–water partition coefficient (Wildman–Crippen LogP) is 1.30. The number of carbonyl (C=O) groups is 2. The fraction of sp³-hybridized carbons (Fsp3) is 0.857. The molecular formula is C14H23N2O2+. The van der Waals surface area contributed by atoms with Crippen LogP contribution in [-0.4, -0.2) is 53.4 Å². The van der Waals surface area contributed by atoms with Gasteiger partial charge in [-0.2, -0.15) is 0 Å². The molecule has 3 aliphatic heterocycles. The van der Waals surface area contributed by atoms with Crippen LogP contribution in [0.25, 0.3) is 0 Å². The number of imide groups is 1. The van der Waals surface area contributed by atoms with E-state index in [2.05, 4.69) is 7.05 Å². The van der Waals surface area contributed by atoms with Gasteiger partial charge in [-0.3, -0.25) is 14.5 Å². The molecule has 3 aliphatic rings. The van der Waals surface area contributed by atoms with Crippen LogP contribution >= 0.6 is 0 Å². The van der Waals surface area contributed by atoms with E-state index >= 15 is 0 Å². The highest BCUT2D eigenvalue weighted by molar-refractivity contribution is 6.02. The number of hydrogen-bond acceptors (Lipinski definition) is 2. The Bertz CT molecular complexity index is 362. The van der Waals surface area contributed by atoms with Crippen LogP contribution in [0.15, 0.2) is 0 Å². The van der Waals surface area contributed by atoms with E-state index in [-0.39, 0.29) is 17.9 Å². The van der Waals surface area contributed by atoms with Crippen molar-refractivity contribution < 1.29 is 14.1 Å². The van der Waals surface area contributed by atoms with Crippen LogP contribution in [0.3, 0.4) is 0 Å². The second-order valence-corrected chi connectivity index (χ2v) is 6.36. The topological polar surface area (TPSA) is 37.4 Å². The monoisotopic (exact) mass is 251 g/mol. The first kappa shape index (κ1) is 12.2. The van der Waals surface area contributed by atoms with E-state index in [0.717, 1.165) is 17.3 Å². The average molecular weight is 251 g/mol. The van der Waals surface area contributed by atoms with Crippen molar-refractivity contribution in [1.82, 2.24) is 4.90 Å². The SMILES string of the molecule is C[N+]12CCCCC1C(N1C(=O)CCC1=O)CCC2. The Labute approximate surface area is 109 Å². The van der Waals surface area contributed by atoms with E-state index in [4.69, 9.17) is 0 Å². The highest BCUT2D eigenvalue weighted by Crippen LogP contribution is 2.36. The summed E-state index contributed by atoms with van der Waals surface area (Å²) in [7, 11) is 2.32. The third kappa shape index (κ3) is 1.78. The molecule has 0 aromatic rings. The smallest absolute Gasteiger partial charge is 0.230 e. The molecule has 3 unspecified atom stereocenters. The van der Waals surface area contributed by atoms with Gasteiger partial charge in [0.1, 0.15) is 6.04 Å². The Morgan fingerprint density at radius 2 is 1.67 bits per heavy atom. The summed E-state index contributed by atoms with van der Waals surface area (Å²) >= 11 is 0. The summed E-state index contributed by atoms with van der Waals surface area (Å²) in [4.78, 5) is 25.6. The minimum atomic E-state index is 0.0732. The minimum absolute atomic E-state index is 0.0732. The molecule has 2 amide bonds. The van der Waals surface area contributed by atoms with Gasteiger partial charge in [-0.1, -0.05) is 0 Å². The summed E-state index contributed by atoms with van der Waals surface area (Å²) in [5, 5.41) is 0. The van der Waals surface area contributed by atoms with Crippen LogP contribution in [0.1, 0.15) is 44.9 Å². The lowest BCUT2D eigenvalue weighted by molar-refractivity contribution is -0.944. The summed E-state index contributed by atoms with van der Waals surface area (Å²) in [5.41, 5.74) is 0. The minimum Gasteiger partial charge on any atom is -0.322 e. The Hall–Kier alpha value is -0.900. The van der Waals surface area contributed by atoms with E-state index in [9.17, 15) is 9.59 Å². The first-order valence-corrected chi connectivity index (χ1v) is 7.31. The molecule has 0 N–H and O–H groups in total. The Morgan fingerprint density at radius 1 is 1.00 bits per heavy atom. The Balaban J connectivity index is 1.86. The summed E-state index contributed by atoms with van der Waals surface area (Å²) < 4.78 is 1.09. The lowest BCUT2D eigenvalue weighted by Gasteiger charge is -2.52. The number of piperidine rings is 2. The van der Waals surface area contributed by atoms with Crippen LogP contribution in [0, 0.1) is 0 Å². The lowest BCUT2D eigenvalue weighted by Crippen LogP contribution is -2.66. The molecule has 0 radical (unpaired) electrons. The standard InChI is InChI=1S/C14H23N2O2/c1-16-9-3-2-6-12(16)11(5-4-10-16)15-13(17)7-8-14(15)18/h11-12H,2-10H2,1H3/q+1. The number of quaternary nitrogens is 1. The highest BCUT2D eigenvalue weighted by Gasteiger charge is 2.49. The summed E-state index contributed by atoms with van der Waals surface area (Å²) in [6.45, 7) is 2.44. The fourth-order valence-electron chi connectivity index (χ4n) is 4.31. The quantitative estimate of drug-likeness (QED) is 0.520. The van der Waals surface area contributed by atoms with Gasteiger partial charge in [0, 0.05) is 19.3 Å². The molecular weight excluding hydrogens is 228 g/mol. The van der Waals surface area contributed by atoms with Crippen molar-refractivity contribution in [3.05, 3.63) is 0 Å². The van der Waals surface area contributed by atoms with E-state index < -0.39 is 0 Å². The predicted molar refractivity (Wildman–Crippen MR) is 67.7 cm³/mol. The van der Waals surface area contributed by atoms with Gasteiger partial charge < -0.3 is 4.48 Å². The third-order valence-electron chi connectivity index (χ3n) is 5.25. The normalized spacial score (nSPS) is 41.1. The maximum Gasteiger partial charge on any atom is 0.230 e. The molecule has 3 rings (SSSR count). The van der Waals surface area contributed by atoms with Crippen LogP contribution < -0.4 is 0 Å². The first-order valence-electron chi connectivity index (χ1n) is 7.31. The van der Waals surface area contributed by atoms with Gasteiger partial charge in [-0.25, -0.2) is 0 Å². The van der Waals surface area contributed by atoms with E-state index in [0.29, 0.717) is 18.9 Å². The van der Waals surface area contributed by atoms with Gasteiger partial charge in [0.05, 0.1) is 26.2 Å². The first-order chi connectivity index (χ1) is 8.62. The van der Waals surface area contributed by atoms with Crippen molar-refractivity contribution in [1.29, 1.82) is 0 Å². The molecule has 3 atom stereocenters. The van der Waals surface area contributed by atoms with Gasteiger partial charge >= 0.3 is 0 Å². The number of amides is 2. The number of likely N-dealkylation sites (N-methyl/N-ethyl adjacent to an activating group) is 1. The number of likely N-dealkylation sites (tertiary alicyclic amines) is 1. The maximum absolute atomic E-state index is 12.0. The second kappa shape index (κ2) is 4.34. The molecule has 18 heavy (non-hydrogen) atoms. The molecule has 4 heteroatoms. The summed E-state index contributed by atoms with van der Waals surface area (Å²) in [6.07, 6.45) is 6.77. The fourth-order valence-corrected chi connectivity index (χ4v) is 4.31. The maximum atomic E-state index is 12.0. The highest BCUT2D eigenvalue weighted by atomic mass is 16.2.